The molecule has 24 heavy (non-hydrogen) atoms. The van der Waals surface area contributed by atoms with Crippen LogP contribution in [0.1, 0.15) is 5.56 Å². The van der Waals surface area contributed by atoms with E-state index in [1.807, 2.05) is 30.3 Å². The number of ether oxygens (including phenoxy) is 2. The number of benzene rings is 2. The van der Waals surface area contributed by atoms with Gasteiger partial charge in [-0.05, 0) is 35.9 Å². The lowest BCUT2D eigenvalue weighted by molar-refractivity contribution is -0.136. The molecule has 5 nitrogen and oxygen atoms in total. The summed E-state index contributed by atoms with van der Waals surface area (Å²) in [5, 5.41) is 10.2. The van der Waals surface area contributed by atoms with Gasteiger partial charge in [-0.1, -0.05) is 22.0 Å². The Morgan fingerprint density at radius 2 is 2.00 bits per heavy atom. The molecule has 6 heteroatoms. The van der Waals surface area contributed by atoms with Crippen LogP contribution in [-0.4, -0.2) is 30.3 Å². The number of methoxy groups -OCH3 is 2. The zero-order chi connectivity index (χ0) is 17.3. The van der Waals surface area contributed by atoms with E-state index in [0.717, 1.165) is 26.6 Å². The molecule has 0 aliphatic heterocycles. The molecule has 1 aromatic heterocycles. The molecule has 0 spiro atoms. The zero-order valence-electron chi connectivity index (χ0n) is 13.2. The van der Waals surface area contributed by atoms with Gasteiger partial charge in [0.15, 0.2) is 11.5 Å². The number of carboxylic acid groups (broad SMARTS) is 1. The summed E-state index contributed by atoms with van der Waals surface area (Å²) in [6.07, 6.45) is -0.0911. The van der Waals surface area contributed by atoms with Crippen molar-refractivity contribution in [1.82, 2.24) is 4.98 Å². The Hall–Kier alpha value is -2.47. The van der Waals surface area contributed by atoms with E-state index in [4.69, 9.17) is 9.47 Å². The number of H-pyrrole nitrogens is 1. The average Bonchev–Trinajstić information content (AvgIpc) is 2.91. The van der Waals surface area contributed by atoms with Gasteiger partial charge in [-0.25, -0.2) is 0 Å². The fraction of sp³-hybridized carbons (Fsp3) is 0.167. The third-order valence-corrected chi connectivity index (χ3v) is 4.36. The van der Waals surface area contributed by atoms with Crippen LogP contribution in [0.2, 0.25) is 0 Å². The highest BCUT2D eigenvalue weighted by molar-refractivity contribution is 9.10. The Morgan fingerprint density at radius 1 is 1.21 bits per heavy atom. The molecule has 0 radical (unpaired) electrons. The monoisotopic (exact) mass is 389 g/mol. The van der Waals surface area contributed by atoms with Crippen LogP contribution in [0.25, 0.3) is 22.2 Å². The van der Waals surface area contributed by atoms with Crippen molar-refractivity contribution in [2.45, 2.75) is 6.42 Å². The van der Waals surface area contributed by atoms with E-state index in [0.29, 0.717) is 17.1 Å². The van der Waals surface area contributed by atoms with Crippen LogP contribution in [0.3, 0.4) is 0 Å². The van der Waals surface area contributed by atoms with Crippen molar-refractivity contribution in [2.24, 2.45) is 0 Å². The molecule has 2 N–H and O–H groups in total. The van der Waals surface area contributed by atoms with Crippen molar-refractivity contribution in [2.75, 3.05) is 14.2 Å². The number of para-hydroxylation sites is 1. The first-order chi connectivity index (χ1) is 11.5. The number of fused-ring (bicyclic) bond motifs is 1. The van der Waals surface area contributed by atoms with Gasteiger partial charge in [0.2, 0.25) is 0 Å². The van der Waals surface area contributed by atoms with Gasteiger partial charge in [0.25, 0.3) is 0 Å². The van der Waals surface area contributed by atoms with Crippen LogP contribution in [0.4, 0.5) is 0 Å². The lowest BCUT2D eigenvalue weighted by atomic mass is 10.0. The number of aromatic amines is 1. The summed E-state index contributed by atoms with van der Waals surface area (Å²) < 4.78 is 11.7. The van der Waals surface area contributed by atoms with Crippen LogP contribution in [0.15, 0.2) is 40.9 Å². The third kappa shape index (κ3) is 2.85. The maximum Gasteiger partial charge on any atom is 0.307 e. The summed E-state index contributed by atoms with van der Waals surface area (Å²) in [6.45, 7) is 0. The lowest BCUT2D eigenvalue weighted by Gasteiger charge is -2.12. The molecule has 0 atom stereocenters. The highest BCUT2D eigenvalue weighted by Gasteiger charge is 2.20. The normalized spacial score (nSPS) is 10.8. The van der Waals surface area contributed by atoms with Crippen molar-refractivity contribution >= 4 is 32.8 Å². The molecule has 1 heterocycles. The molecule has 3 rings (SSSR count). The predicted octanol–water partition coefficient (Wildman–Crippen LogP) is 4.24. The lowest BCUT2D eigenvalue weighted by Crippen LogP contribution is -2.02. The number of halogens is 1. The third-order valence-electron chi connectivity index (χ3n) is 3.87. The van der Waals surface area contributed by atoms with E-state index >= 15 is 0 Å². The summed E-state index contributed by atoms with van der Waals surface area (Å²) in [4.78, 5) is 14.7. The first kappa shape index (κ1) is 16.4. The Labute approximate surface area is 147 Å². The van der Waals surface area contributed by atoms with E-state index in [9.17, 15) is 9.90 Å². The molecule has 124 valence electrons. The van der Waals surface area contributed by atoms with Gasteiger partial charge in [-0.2, -0.15) is 0 Å². The van der Waals surface area contributed by atoms with E-state index in [1.54, 1.807) is 20.3 Å². The van der Waals surface area contributed by atoms with Crippen molar-refractivity contribution in [3.8, 4) is 22.8 Å². The Bertz CT molecular complexity index is 917. The minimum Gasteiger partial charge on any atom is -0.493 e. The molecule has 0 fully saturated rings. The van der Waals surface area contributed by atoms with Gasteiger partial charge in [0.1, 0.15) is 0 Å². The van der Waals surface area contributed by atoms with E-state index < -0.39 is 5.97 Å². The minimum absolute atomic E-state index is 0.0911. The van der Waals surface area contributed by atoms with Gasteiger partial charge in [0.05, 0.1) is 26.3 Å². The Morgan fingerprint density at radius 3 is 2.67 bits per heavy atom. The average molecular weight is 390 g/mol. The van der Waals surface area contributed by atoms with Crippen molar-refractivity contribution < 1.29 is 19.4 Å². The van der Waals surface area contributed by atoms with Gasteiger partial charge in [-0.15, -0.1) is 0 Å². The quantitative estimate of drug-likeness (QED) is 0.684. The predicted molar refractivity (Wildman–Crippen MR) is 95.9 cm³/mol. The topological polar surface area (TPSA) is 71.6 Å². The molecule has 0 aliphatic rings. The maximum absolute atomic E-state index is 11.4. The standard InChI is InChI=1S/C18H16BrNO4/c1-23-15-5-3-4-11(18(15)24-2)17-13(9-16(21)22)12-8-10(19)6-7-14(12)20-17/h3-8,20H,9H2,1-2H3,(H,21,22). The smallest absolute Gasteiger partial charge is 0.307 e. The van der Waals surface area contributed by atoms with Crippen LogP contribution in [0, 0.1) is 0 Å². The summed E-state index contributed by atoms with van der Waals surface area (Å²) in [5.41, 5.74) is 3.07. The molecule has 3 aromatic rings. The molecular formula is C18H16BrNO4. The maximum atomic E-state index is 11.4. The Kier molecular flexibility index (Phi) is 4.49. The van der Waals surface area contributed by atoms with Crippen molar-refractivity contribution in [1.29, 1.82) is 0 Å². The molecule has 0 saturated heterocycles. The van der Waals surface area contributed by atoms with E-state index in [1.165, 1.54) is 0 Å². The molecular weight excluding hydrogens is 374 g/mol. The van der Waals surface area contributed by atoms with Crippen LogP contribution in [0.5, 0.6) is 11.5 Å². The van der Waals surface area contributed by atoms with Gasteiger partial charge in [0, 0.05) is 20.9 Å². The molecule has 0 aliphatic carbocycles. The second kappa shape index (κ2) is 6.57. The number of rotatable bonds is 5. The number of carboxylic acids is 1. The second-order valence-electron chi connectivity index (χ2n) is 5.28. The second-order valence-corrected chi connectivity index (χ2v) is 6.20. The molecule has 0 bridgehead atoms. The number of carbonyl (C=O) groups is 1. The summed E-state index contributed by atoms with van der Waals surface area (Å²) in [6, 6.07) is 11.3. The number of hydrogen-bond acceptors (Lipinski definition) is 3. The van der Waals surface area contributed by atoms with E-state index in [2.05, 4.69) is 20.9 Å². The summed E-state index contributed by atoms with van der Waals surface area (Å²) in [5.74, 6) is 0.271. The largest absolute Gasteiger partial charge is 0.493 e. The number of nitrogens with one attached hydrogen (secondary N) is 1. The highest BCUT2D eigenvalue weighted by Crippen LogP contribution is 2.41. The SMILES string of the molecule is COc1cccc(-c2[nH]c3ccc(Br)cc3c2CC(=O)O)c1OC. The minimum atomic E-state index is -0.890. The van der Waals surface area contributed by atoms with Crippen molar-refractivity contribution in [3.05, 3.63) is 46.4 Å². The van der Waals surface area contributed by atoms with Crippen LogP contribution >= 0.6 is 15.9 Å². The number of aromatic nitrogens is 1. The Balaban J connectivity index is 2.32. The first-order valence-corrected chi connectivity index (χ1v) is 8.07. The molecule has 0 unspecified atom stereocenters. The van der Waals surface area contributed by atoms with Crippen molar-refractivity contribution in [3.63, 3.8) is 0 Å². The fourth-order valence-electron chi connectivity index (χ4n) is 2.87. The number of hydrogen-bond donors (Lipinski definition) is 2. The zero-order valence-corrected chi connectivity index (χ0v) is 14.8. The molecule has 0 saturated carbocycles. The van der Waals surface area contributed by atoms with E-state index in [-0.39, 0.29) is 6.42 Å². The molecule has 2 aromatic carbocycles. The highest BCUT2D eigenvalue weighted by atomic mass is 79.9. The van der Waals surface area contributed by atoms with Crippen LogP contribution < -0.4 is 9.47 Å². The van der Waals surface area contributed by atoms with Gasteiger partial charge in [-0.3, -0.25) is 4.79 Å². The van der Waals surface area contributed by atoms with Gasteiger partial charge >= 0.3 is 5.97 Å². The summed E-state index contributed by atoms with van der Waals surface area (Å²) in [7, 11) is 3.14. The molecule has 0 amide bonds. The first-order valence-electron chi connectivity index (χ1n) is 7.28. The van der Waals surface area contributed by atoms with Gasteiger partial charge < -0.3 is 19.6 Å². The van der Waals surface area contributed by atoms with Crippen LogP contribution in [-0.2, 0) is 11.2 Å². The fourth-order valence-corrected chi connectivity index (χ4v) is 3.23. The number of aliphatic carboxylic acids is 1. The summed E-state index contributed by atoms with van der Waals surface area (Å²) >= 11 is 3.44.